The molecule has 0 radical (unpaired) electrons. The lowest BCUT2D eigenvalue weighted by Gasteiger charge is -2.10. The SMILES string of the molecule is CCCCCCOCCOCCOCCOCCOCCOCCOCCOCCOCCOCCOCCOCC(C)CC. The summed E-state index contributed by atoms with van der Waals surface area (Å²) in [4.78, 5) is 0. The largest absolute Gasteiger partial charge is 0.379 e. The van der Waals surface area contributed by atoms with Gasteiger partial charge >= 0.3 is 0 Å². The molecule has 0 bridgehead atoms. The minimum atomic E-state index is 0.521. The monoisotopic (exact) mass is 656 g/mol. The van der Waals surface area contributed by atoms with E-state index in [0.29, 0.717) is 151 Å². The van der Waals surface area contributed by atoms with Crippen LogP contribution in [0.15, 0.2) is 0 Å². The minimum Gasteiger partial charge on any atom is -0.379 e. The van der Waals surface area contributed by atoms with Crippen molar-refractivity contribution < 1.29 is 56.8 Å². The Morgan fingerprint density at radius 2 is 0.533 bits per heavy atom. The van der Waals surface area contributed by atoms with Crippen molar-refractivity contribution in [1.82, 2.24) is 0 Å². The van der Waals surface area contributed by atoms with E-state index in [1.54, 1.807) is 0 Å². The van der Waals surface area contributed by atoms with Gasteiger partial charge < -0.3 is 56.8 Å². The first-order valence-corrected chi connectivity index (χ1v) is 17.2. The van der Waals surface area contributed by atoms with Crippen LogP contribution in [0, 0.1) is 5.92 Å². The Morgan fingerprint density at radius 1 is 0.289 bits per heavy atom. The van der Waals surface area contributed by atoms with Gasteiger partial charge in [-0.1, -0.05) is 46.5 Å². The highest BCUT2D eigenvalue weighted by Gasteiger charge is 1.99. The number of unbranched alkanes of at least 4 members (excludes halogenated alkanes) is 3. The van der Waals surface area contributed by atoms with E-state index in [9.17, 15) is 0 Å². The maximum absolute atomic E-state index is 5.53. The van der Waals surface area contributed by atoms with Crippen molar-refractivity contribution in [3.05, 3.63) is 0 Å². The molecule has 45 heavy (non-hydrogen) atoms. The van der Waals surface area contributed by atoms with Gasteiger partial charge in [0, 0.05) is 13.2 Å². The fraction of sp³-hybridized carbons (Fsp3) is 1.00. The van der Waals surface area contributed by atoms with Gasteiger partial charge in [-0.05, 0) is 12.3 Å². The van der Waals surface area contributed by atoms with Crippen LogP contribution >= 0.6 is 0 Å². The fourth-order valence-electron chi connectivity index (χ4n) is 3.45. The molecule has 0 aliphatic carbocycles. The van der Waals surface area contributed by atoms with Gasteiger partial charge in [0.15, 0.2) is 0 Å². The van der Waals surface area contributed by atoms with Crippen LogP contribution in [0.25, 0.3) is 0 Å². The molecule has 12 heteroatoms. The van der Waals surface area contributed by atoms with Gasteiger partial charge in [-0.2, -0.15) is 0 Å². The highest BCUT2D eigenvalue weighted by atomic mass is 16.6. The first-order chi connectivity index (χ1) is 22.3. The van der Waals surface area contributed by atoms with E-state index in [2.05, 4.69) is 20.8 Å². The Morgan fingerprint density at radius 3 is 0.778 bits per heavy atom. The second-order valence-corrected chi connectivity index (χ2v) is 10.4. The minimum absolute atomic E-state index is 0.521. The lowest BCUT2D eigenvalue weighted by molar-refractivity contribution is -0.0286. The molecule has 1 atom stereocenters. The zero-order chi connectivity index (χ0) is 32.6. The van der Waals surface area contributed by atoms with Gasteiger partial charge in [0.1, 0.15) is 0 Å². The normalized spacial score (nSPS) is 12.3. The second kappa shape index (κ2) is 41.5. The van der Waals surface area contributed by atoms with Crippen LogP contribution in [0.4, 0.5) is 0 Å². The van der Waals surface area contributed by atoms with Crippen molar-refractivity contribution in [2.75, 3.05) is 159 Å². The summed E-state index contributed by atoms with van der Waals surface area (Å²) in [6.07, 6.45) is 6.04. The summed E-state index contributed by atoms with van der Waals surface area (Å²) in [5, 5.41) is 0. The highest BCUT2D eigenvalue weighted by Crippen LogP contribution is 2.00. The number of hydrogen-bond acceptors (Lipinski definition) is 12. The summed E-state index contributed by atoms with van der Waals surface area (Å²) in [5.41, 5.74) is 0. The maximum Gasteiger partial charge on any atom is 0.0701 e. The molecule has 0 saturated carbocycles. The third kappa shape index (κ3) is 41.5. The van der Waals surface area contributed by atoms with E-state index < -0.39 is 0 Å². The molecule has 0 amide bonds. The molecule has 0 N–H and O–H groups in total. The maximum atomic E-state index is 5.53. The van der Waals surface area contributed by atoms with Gasteiger partial charge in [-0.25, -0.2) is 0 Å². The van der Waals surface area contributed by atoms with Crippen molar-refractivity contribution in [2.45, 2.75) is 52.9 Å². The van der Waals surface area contributed by atoms with Crippen LogP contribution in [-0.2, 0) is 56.8 Å². The molecule has 0 fully saturated rings. The van der Waals surface area contributed by atoms with Gasteiger partial charge in [-0.15, -0.1) is 0 Å². The van der Waals surface area contributed by atoms with Crippen molar-refractivity contribution >= 4 is 0 Å². The Hall–Kier alpha value is -0.480. The van der Waals surface area contributed by atoms with E-state index in [4.69, 9.17) is 56.8 Å². The molecule has 1 unspecified atom stereocenters. The van der Waals surface area contributed by atoms with Gasteiger partial charge in [0.25, 0.3) is 0 Å². The molecule has 0 aromatic rings. The zero-order valence-electron chi connectivity index (χ0n) is 29.0. The van der Waals surface area contributed by atoms with Gasteiger partial charge in [0.2, 0.25) is 0 Å². The van der Waals surface area contributed by atoms with Crippen molar-refractivity contribution in [3.8, 4) is 0 Å². The standard InChI is InChI=1S/C33H68O12/c1-4-6-7-8-9-34-10-11-35-12-13-36-14-15-37-16-17-38-18-19-39-20-21-40-22-23-41-24-25-42-26-27-43-28-29-44-30-31-45-32-33(3)5-2/h33H,4-32H2,1-3H3. The number of ether oxygens (including phenoxy) is 12. The van der Waals surface area contributed by atoms with Gasteiger partial charge in [-0.3, -0.25) is 0 Å². The number of rotatable bonds is 41. The van der Waals surface area contributed by atoms with E-state index in [0.717, 1.165) is 26.1 Å². The zero-order valence-corrected chi connectivity index (χ0v) is 29.0. The topological polar surface area (TPSA) is 111 Å². The van der Waals surface area contributed by atoms with Crippen molar-refractivity contribution in [3.63, 3.8) is 0 Å². The average Bonchev–Trinajstić information content (AvgIpc) is 3.05. The van der Waals surface area contributed by atoms with Gasteiger partial charge in [0.05, 0.1) is 145 Å². The van der Waals surface area contributed by atoms with Crippen molar-refractivity contribution in [2.24, 2.45) is 5.92 Å². The first-order valence-electron chi connectivity index (χ1n) is 17.2. The molecular formula is C33H68O12. The second-order valence-electron chi connectivity index (χ2n) is 10.4. The Labute approximate surface area is 274 Å². The molecule has 272 valence electrons. The molecule has 0 rings (SSSR count). The van der Waals surface area contributed by atoms with Crippen LogP contribution in [0.2, 0.25) is 0 Å². The molecule has 0 aliphatic rings. The van der Waals surface area contributed by atoms with Crippen LogP contribution in [0.5, 0.6) is 0 Å². The van der Waals surface area contributed by atoms with E-state index in [-0.39, 0.29) is 0 Å². The number of hydrogen-bond donors (Lipinski definition) is 0. The van der Waals surface area contributed by atoms with Crippen LogP contribution in [0.1, 0.15) is 52.9 Å². The Bertz CT molecular complexity index is 518. The third-order valence-corrected chi connectivity index (χ3v) is 6.33. The lowest BCUT2D eigenvalue weighted by atomic mass is 10.1. The van der Waals surface area contributed by atoms with Crippen LogP contribution < -0.4 is 0 Å². The quantitative estimate of drug-likeness (QED) is 0.0893. The van der Waals surface area contributed by atoms with E-state index >= 15 is 0 Å². The molecule has 0 heterocycles. The third-order valence-electron chi connectivity index (χ3n) is 6.33. The molecule has 0 aromatic carbocycles. The Balaban J connectivity index is 3.04. The fourth-order valence-corrected chi connectivity index (χ4v) is 3.45. The van der Waals surface area contributed by atoms with E-state index in [1.807, 2.05) is 0 Å². The van der Waals surface area contributed by atoms with E-state index in [1.165, 1.54) is 19.3 Å². The predicted octanol–water partition coefficient (Wildman–Crippen LogP) is 3.81. The average molecular weight is 657 g/mol. The molecule has 12 nitrogen and oxygen atoms in total. The Kier molecular flexibility index (Phi) is 41.1. The summed E-state index contributed by atoms with van der Waals surface area (Å²) in [6.45, 7) is 20.3. The summed E-state index contributed by atoms with van der Waals surface area (Å²) in [6, 6.07) is 0. The first kappa shape index (κ1) is 44.5. The smallest absolute Gasteiger partial charge is 0.0701 e. The lowest BCUT2D eigenvalue weighted by Crippen LogP contribution is -2.15. The molecular weight excluding hydrogens is 588 g/mol. The highest BCUT2D eigenvalue weighted by molar-refractivity contribution is 4.46. The van der Waals surface area contributed by atoms with Crippen LogP contribution in [0.3, 0.4) is 0 Å². The molecule has 0 aliphatic heterocycles. The molecule has 0 saturated heterocycles. The van der Waals surface area contributed by atoms with Crippen molar-refractivity contribution in [1.29, 1.82) is 0 Å². The van der Waals surface area contributed by atoms with Crippen LogP contribution in [-0.4, -0.2) is 159 Å². The molecule has 0 aromatic heterocycles. The summed E-state index contributed by atoms with van der Waals surface area (Å²) < 4.78 is 65.9. The predicted molar refractivity (Wildman–Crippen MR) is 173 cm³/mol. The summed E-state index contributed by atoms with van der Waals surface area (Å²) in [7, 11) is 0. The summed E-state index contributed by atoms with van der Waals surface area (Å²) in [5.74, 6) is 0.599. The molecule has 0 spiro atoms. The summed E-state index contributed by atoms with van der Waals surface area (Å²) >= 11 is 0.